The van der Waals surface area contributed by atoms with Gasteiger partial charge in [0.05, 0.1) is 11.4 Å². The van der Waals surface area contributed by atoms with E-state index >= 15 is 0 Å². The highest BCUT2D eigenvalue weighted by Crippen LogP contribution is 2.41. The maximum Gasteiger partial charge on any atom is 0.0895 e. The molecule has 1 heterocycles. The molecule has 1 aromatic heterocycles. The van der Waals surface area contributed by atoms with Gasteiger partial charge >= 0.3 is 0 Å². The van der Waals surface area contributed by atoms with Gasteiger partial charge in [-0.2, -0.15) is 0 Å². The topological polar surface area (TPSA) is 30.7 Å². The van der Waals surface area contributed by atoms with Crippen LogP contribution in [0.1, 0.15) is 57.3 Å². The molecule has 3 heteroatoms. The predicted molar refractivity (Wildman–Crippen MR) is 60.8 cm³/mol. The van der Waals surface area contributed by atoms with Gasteiger partial charge in [-0.05, 0) is 24.7 Å². The van der Waals surface area contributed by atoms with Crippen molar-refractivity contribution in [3.63, 3.8) is 0 Å². The minimum atomic E-state index is 0.301. The molecule has 0 saturated carbocycles. The maximum atomic E-state index is 4.38. The number of fused-ring (bicyclic) bond motifs is 1. The summed E-state index contributed by atoms with van der Waals surface area (Å²) in [6.07, 6.45) is 5.00. The van der Waals surface area contributed by atoms with Crippen LogP contribution in [0.5, 0.6) is 0 Å². The molecular weight excluding hydrogens is 186 g/mol. The van der Waals surface area contributed by atoms with Gasteiger partial charge in [-0.1, -0.05) is 32.4 Å². The lowest BCUT2D eigenvalue weighted by molar-refractivity contribution is 0.297. The molecule has 0 spiro atoms. The van der Waals surface area contributed by atoms with Crippen LogP contribution in [-0.2, 0) is 13.5 Å². The first kappa shape index (κ1) is 10.7. The highest BCUT2D eigenvalue weighted by Gasteiger charge is 2.32. The van der Waals surface area contributed by atoms with Crippen LogP contribution in [0, 0.1) is 5.41 Å². The first-order valence-corrected chi connectivity index (χ1v) is 5.88. The van der Waals surface area contributed by atoms with Gasteiger partial charge in [0.25, 0.3) is 0 Å². The van der Waals surface area contributed by atoms with Crippen LogP contribution in [0.3, 0.4) is 0 Å². The van der Waals surface area contributed by atoms with E-state index in [4.69, 9.17) is 0 Å². The molecule has 15 heavy (non-hydrogen) atoms. The summed E-state index contributed by atoms with van der Waals surface area (Å²) in [6, 6.07) is 0. The van der Waals surface area contributed by atoms with E-state index in [1.165, 1.54) is 30.7 Å². The second kappa shape index (κ2) is 3.62. The van der Waals surface area contributed by atoms with E-state index < -0.39 is 0 Å². The minimum absolute atomic E-state index is 0.301. The minimum Gasteiger partial charge on any atom is -0.252 e. The molecule has 1 atom stereocenters. The fraction of sp³-hybridized carbons (Fsp3) is 0.833. The van der Waals surface area contributed by atoms with Crippen molar-refractivity contribution in [2.45, 2.75) is 52.4 Å². The number of hydrogen-bond acceptors (Lipinski definition) is 2. The molecule has 1 aliphatic rings. The van der Waals surface area contributed by atoms with Crippen molar-refractivity contribution in [3.05, 3.63) is 11.4 Å². The van der Waals surface area contributed by atoms with Crippen molar-refractivity contribution in [1.82, 2.24) is 15.0 Å². The highest BCUT2D eigenvalue weighted by molar-refractivity contribution is 5.19. The molecule has 84 valence electrons. The highest BCUT2D eigenvalue weighted by atomic mass is 15.4. The number of rotatable bonds is 0. The van der Waals surface area contributed by atoms with E-state index in [2.05, 4.69) is 31.1 Å². The second-order valence-electron chi connectivity index (χ2n) is 5.71. The third kappa shape index (κ3) is 1.92. The lowest BCUT2D eigenvalue weighted by Gasteiger charge is -2.28. The van der Waals surface area contributed by atoms with Crippen LogP contribution in [0.25, 0.3) is 0 Å². The molecule has 0 amide bonds. The molecule has 0 aromatic carbocycles. The molecule has 1 aliphatic carbocycles. The van der Waals surface area contributed by atoms with Gasteiger partial charge in [-0.25, -0.2) is 0 Å². The quantitative estimate of drug-likeness (QED) is 0.612. The SMILES string of the molecule is Cn1nnc2c1CCCCC2C(C)(C)C. The van der Waals surface area contributed by atoms with E-state index in [1.807, 2.05) is 11.7 Å². The van der Waals surface area contributed by atoms with Crippen LogP contribution < -0.4 is 0 Å². The van der Waals surface area contributed by atoms with E-state index in [0.29, 0.717) is 11.3 Å². The van der Waals surface area contributed by atoms with E-state index in [9.17, 15) is 0 Å². The Hall–Kier alpha value is -0.860. The fourth-order valence-electron chi connectivity index (χ4n) is 2.57. The molecule has 2 rings (SSSR count). The van der Waals surface area contributed by atoms with Gasteiger partial charge < -0.3 is 0 Å². The van der Waals surface area contributed by atoms with Crippen molar-refractivity contribution in [2.75, 3.05) is 0 Å². The largest absolute Gasteiger partial charge is 0.252 e. The van der Waals surface area contributed by atoms with Crippen LogP contribution in [0.2, 0.25) is 0 Å². The van der Waals surface area contributed by atoms with Gasteiger partial charge in [0.2, 0.25) is 0 Å². The molecule has 1 unspecified atom stereocenters. The first-order valence-electron chi connectivity index (χ1n) is 5.88. The summed E-state index contributed by atoms with van der Waals surface area (Å²) in [7, 11) is 2.01. The van der Waals surface area contributed by atoms with Crippen LogP contribution in [0.15, 0.2) is 0 Å². The Kier molecular flexibility index (Phi) is 2.57. The number of hydrogen-bond donors (Lipinski definition) is 0. The Balaban J connectivity index is 2.42. The van der Waals surface area contributed by atoms with E-state index in [0.717, 1.165) is 6.42 Å². The summed E-state index contributed by atoms with van der Waals surface area (Å²) >= 11 is 0. The number of aryl methyl sites for hydroxylation is 1. The van der Waals surface area contributed by atoms with Crippen molar-refractivity contribution in [2.24, 2.45) is 12.5 Å². The van der Waals surface area contributed by atoms with Crippen LogP contribution in [0.4, 0.5) is 0 Å². The fourth-order valence-corrected chi connectivity index (χ4v) is 2.57. The molecule has 0 bridgehead atoms. The Morgan fingerprint density at radius 3 is 2.67 bits per heavy atom. The third-order valence-electron chi connectivity index (χ3n) is 3.50. The molecule has 0 saturated heterocycles. The number of aromatic nitrogens is 3. The van der Waals surface area contributed by atoms with Gasteiger partial charge in [0.15, 0.2) is 0 Å². The molecule has 0 N–H and O–H groups in total. The van der Waals surface area contributed by atoms with Gasteiger partial charge in [0, 0.05) is 13.0 Å². The third-order valence-corrected chi connectivity index (χ3v) is 3.50. The molecular formula is C12H21N3. The smallest absolute Gasteiger partial charge is 0.0895 e. The van der Waals surface area contributed by atoms with Crippen molar-refractivity contribution < 1.29 is 0 Å². The normalized spacial score (nSPS) is 22.3. The Morgan fingerprint density at radius 2 is 2.00 bits per heavy atom. The average Bonchev–Trinajstić information content (AvgIpc) is 2.36. The lowest BCUT2D eigenvalue weighted by atomic mass is 9.76. The second-order valence-corrected chi connectivity index (χ2v) is 5.71. The summed E-state index contributed by atoms with van der Waals surface area (Å²) in [6.45, 7) is 6.92. The zero-order chi connectivity index (χ0) is 11.1. The standard InChI is InChI=1S/C12H21N3/c1-12(2,3)9-7-5-6-8-10-11(9)13-14-15(10)4/h9H,5-8H2,1-4H3. The van der Waals surface area contributed by atoms with Crippen LogP contribution >= 0.6 is 0 Å². The monoisotopic (exact) mass is 207 g/mol. The Morgan fingerprint density at radius 1 is 1.27 bits per heavy atom. The summed E-state index contributed by atoms with van der Waals surface area (Å²) < 4.78 is 1.96. The van der Waals surface area contributed by atoms with Crippen molar-refractivity contribution in [1.29, 1.82) is 0 Å². The van der Waals surface area contributed by atoms with Gasteiger partial charge in [-0.3, -0.25) is 4.68 Å². The molecule has 0 radical (unpaired) electrons. The van der Waals surface area contributed by atoms with Crippen molar-refractivity contribution in [3.8, 4) is 0 Å². The molecule has 0 fully saturated rings. The predicted octanol–water partition coefficient (Wildman–Crippen LogP) is 2.67. The van der Waals surface area contributed by atoms with E-state index in [1.54, 1.807) is 0 Å². The summed E-state index contributed by atoms with van der Waals surface area (Å²) in [5.74, 6) is 0.573. The summed E-state index contributed by atoms with van der Waals surface area (Å²) in [5.41, 5.74) is 2.91. The molecule has 1 aromatic rings. The zero-order valence-corrected chi connectivity index (χ0v) is 10.2. The van der Waals surface area contributed by atoms with Crippen LogP contribution in [-0.4, -0.2) is 15.0 Å². The number of nitrogens with zero attached hydrogens (tertiary/aromatic N) is 3. The van der Waals surface area contributed by atoms with E-state index in [-0.39, 0.29) is 0 Å². The molecule has 0 aliphatic heterocycles. The average molecular weight is 207 g/mol. The Labute approximate surface area is 91.9 Å². The summed E-state index contributed by atoms with van der Waals surface area (Å²) in [4.78, 5) is 0. The first-order chi connectivity index (χ1) is 7.00. The zero-order valence-electron chi connectivity index (χ0n) is 10.2. The van der Waals surface area contributed by atoms with Gasteiger partial charge in [0.1, 0.15) is 0 Å². The van der Waals surface area contributed by atoms with Gasteiger partial charge in [-0.15, -0.1) is 5.10 Å². The summed E-state index contributed by atoms with van der Waals surface area (Å²) in [5, 5.41) is 8.55. The Bertz CT molecular complexity index is 346. The molecule has 3 nitrogen and oxygen atoms in total. The van der Waals surface area contributed by atoms with Crippen molar-refractivity contribution >= 4 is 0 Å². The maximum absolute atomic E-state index is 4.38. The lowest BCUT2D eigenvalue weighted by Crippen LogP contribution is -2.19.